The Morgan fingerprint density at radius 3 is 2.62 bits per heavy atom. The Hall–Kier alpha value is -1.83. The number of hydrogen-bond donors (Lipinski definition) is 2. The number of carbonyl (C=O) groups is 1. The third-order valence-electron chi connectivity index (χ3n) is 3.84. The van der Waals surface area contributed by atoms with Crippen molar-refractivity contribution in [3.05, 3.63) is 23.8 Å². The van der Waals surface area contributed by atoms with Crippen LogP contribution in [0.2, 0.25) is 0 Å². The fourth-order valence-electron chi connectivity index (χ4n) is 2.65. The van der Waals surface area contributed by atoms with Crippen molar-refractivity contribution in [2.45, 2.75) is 6.54 Å². The summed E-state index contributed by atoms with van der Waals surface area (Å²) in [5.74, 6) is 6.61. The average Bonchev–Trinajstić information content (AvgIpc) is 2.96. The zero-order valence-corrected chi connectivity index (χ0v) is 11.9. The Morgan fingerprint density at radius 1 is 1.14 bits per heavy atom. The Balaban J connectivity index is 1.50. The molecule has 1 fully saturated rings. The van der Waals surface area contributed by atoms with E-state index in [0.29, 0.717) is 13.3 Å². The lowest BCUT2D eigenvalue weighted by molar-refractivity contribution is -0.122. The first-order valence-corrected chi connectivity index (χ1v) is 7.07. The zero-order chi connectivity index (χ0) is 14.7. The minimum absolute atomic E-state index is 0.140. The molecule has 3 rings (SSSR count). The zero-order valence-electron chi connectivity index (χ0n) is 11.9. The molecule has 0 aliphatic carbocycles. The maximum Gasteiger partial charge on any atom is 0.248 e. The third-order valence-corrected chi connectivity index (χ3v) is 3.84. The lowest BCUT2D eigenvalue weighted by Gasteiger charge is -2.34. The number of nitrogens with two attached hydrogens (primary N) is 1. The highest BCUT2D eigenvalue weighted by molar-refractivity contribution is 5.77. The summed E-state index contributed by atoms with van der Waals surface area (Å²) in [6.07, 6.45) is 0. The summed E-state index contributed by atoms with van der Waals surface area (Å²) in [7, 11) is 0. The molecular weight excluding hydrogens is 272 g/mol. The number of rotatable bonds is 4. The van der Waals surface area contributed by atoms with Gasteiger partial charge in [0.15, 0.2) is 11.5 Å². The Labute approximate surface area is 123 Å². The van der Waals surface area contributed by atoms with Crippen LogP contribution in [-0.2, 0) is 11.3 Å². The van der Waals surface area contributed by atoms with Gasteiger partial charge in [0.25, 0.3) is 0 Å². The molecule has 0 spiro atoms. The van der Waals surface area contributed by atoms with E-state index in [1.165, 1.54) is 5.56 Å². The first kappa shape index (κ1) is 14.1. The van der Waals surface area contributed by atoms with E-state index in [4.69, 9.17) is 15.3 Å². The molecule has 1 amide bonds. The second-order valence-corrected chi connectivity index (χ2v) is 5.31. The highest BCUT2D eigenvalue weighted by atomic mass is 16.7. The van der Waals surface area contributed by atoms with E-state index in [-0.39, 0.29) is 5.91 Å². The largest absolute Gasteiger partial charge is 0.454 e. The van der Waals surface area contributed by atoms with Gasteiger partial charge in [0.2, 0.25) is 12.7 Å². The van der Waals surface area contributed by atoms with Gasteiger partial charge in [-0.3, -0.25) is 20.0 Å². The number of piperazine rings is 1. The van der Waals surface area contributed by atoms with Gasteiger partial charge in [0, 0.05) is 32.7 Å². The van der Waals surface area contributed by atoms with E-state index in [2.05, 4.69) is 21.3 Å². The summed E-state index contributed by atoms with van der Waals surface area (Å²) in [5, 5.41) is 0. The molecule has 1 saturated heterocycles. The first-order valence-electron chi connectivity index (χ1n) is 7.07. The quantitative estimate of drug-likeness (QED) is 0.443. The van der Waals surface area contributed by atoms with Crippen molar-refractivity contribution >= 4 is 5.91 Å². The van der Waals surface area contributed by atoms with Crippen molar-refractivity contribution < 1.29 is 14.3 Å². The number of hydrazine groups is 1. The number of carbonyl (C=O) groups excluding carboxylic acids is 1. The van der Waals surface area contributed by atoms with Crippen LogP contribution in [0.5, 0.6) is 11.5 Å². The molecule has 0 saturated carbocycles. The highest BCUT2D eigenvalue weighted by Gasteiger charge is 2.20. The van der Waals surface area contributed by atoms with Crippen molar-refractivity contribution in [2.75, 3.05) is 39.5 Å². The number of nitrogens with one attached hydrogen (secondary N) is 1. The smallest absolute Gasteiger partial charge is 0.248 e. The standard InChI is InChI=1S/C14H20N4O3/c15-16-14(19)9-18-5-3-17(4-6-18)8-11-1-2-12-13(7-11)21-10-20-12/h1-2,7H,3-6,8-10,15H2,(H,16,19). The number of amides is 1. The Morgan fingerprint density at radius 2 is 1.86 bits per heavy atom. The van der Waals surface area contributed by atoms with E-state index >= 15 is 0 Å². The SMILES string of the molecule is NNC(=O)CN1CCN(Cc2ccc3c(c2)OCO3)CC1. The van der Waals surface area contributed by atoms with Crippen LogP contribution in [0.3, 0.4) is 0 Å². The molecule has 0 unspecified atom stereocenters. The molecule has 2 aliphatic heterocycles. The maximum absolute atomic E-state index is 11.2. The lowest BCUT2D eigenvalue weighted by Crippen LogP contribution is -2.49. The van der Waals surface area contributed by atoms with Crippen LogP contribution in [0, 0.1) is 0 Å². The predicted octanol–water partition coefficient (Wildman–Crippen LogP) is -0.477. The van der Waals surface area contributed by atoms with Crippen LogP contribution in [0.1, 0.15) is 5.56 Å². The third kappa shape index (κ3) is 3.44. The van der Waals surface area contributed by atoms with Crippen LogP contribution < -0.4 is 20.7 Å². The summed E-state index contributed by atoms with van der Waals surface area (Å²) in [6.45, 7) is 5.18. The number of ether oxygens (including phenoxy) is 2. The second-order valence-electron chi connectivity index (χ2n) is 5.31. The summed E-state index contributed by atoms with van der Waals surface area (Å²) < 4.78 is 10.7. The molecule has 0 atom stereocenters. The van der Waals surface area contributed by atoms with Crippen LogP contribution in [0.25, 0.3) is 0 Å². The molecule has 7 nitrogen and oxygen atoms in total. The molecule has 2 aliphatic rings. The van der Waals surface area contributed by atoms with Gasteiger partial charge >= 0.3 is 0 Å². The molecule has 0 aromatic heterocycles. The minimum Gasteiger partial charge on any atom is -0.454 e. The minimum atomic E-state index is -0.140. The van der Waals surface area contributed by atoms with Crippen LogP contribution in [0.4, 0.5) is 0 Å². The van der Waals surface area contributed by atoms with Gasteiger partial charge in [-0.2, -0.15) is 0 Å². The van der Waals surface area contributed by atoms with Crippen molar-refractivity contribution in [1.29, 1.82) is 0 Å². The molecule has 0 bridgehead atoms. The fraction of sp³-hybridized carbons (Fsp3) is 0.500. The molecule has 114 valence electrons. The summed E-state index contributed by atoms with van der Waals surface area (Å²) in [4.78, 5) is 15.7. The molecule has 7 heteroatoms. The normalized spacial score (nSPS) is 18.7. The number of benzene rings is 1. The lowest BCUT2D eigenvalue weighted by atomic mass is 10.1. The van der Waals surface area contributed by atoms with Crippen LogP contribution >= 0.6 is 0 Å². The summed E-state index contributed by atoms with van der Waals surface area (Å²) >= 11 is 0. The van der Waals surface area contributed by atoms with Gasteiger partial charge in [-0.05, 0) is 17.7 Å². The number of hydrogen-bond acceptors (Lipinski definition) is 6. The topological polar surface area (TPSA) is 80.1 Å². The van der Waals surface area contributed by atoms with Crippen molar-refractivity contribution in [2.24, 2.45) is 5.84 Å². The van der Waals surface area contributed by atoms with Crippen molar-refractivity contribution in [3.8, 4) is 11.5 Å². The number of nitrogens with zero attached hydrogens (tertiary/aromatic N) is 2. The van der Waals surface area contributed by atoms with E-state index in [1.54, 1.807) is 0 Å². The molecule has 21 heavy (non-hydrogen) atoms. The first-order chi connectivity index (χ1) is 10.2. The highest BCUT2D eigenvalue weighted by Crippen LogP contribution is 2.32. The molecule has 1 aromatic carbocycles. The van der Waals surface area contributed by atoms with Crippen LogP contribution in [-0.4, -0.2) is 55.2 Å². The van der Waals surface area contributed by atoms with Crippen molar-refractivity contribution in [3.63, 3.8) is 0 Å². The molecule has 2 heterocycles. The second kappa shape index (κ2) is 6.30. The van der Waals surface area contributed by atoms with Gasteiger partial charge in [0.1, 0.15) is 0 Å². The van der Waals surface area contributed by atoms with E-state index in [1.807, 2.05) is 12.1 Å². The summed E-state index contributed by atoms with van der Waals surface area (Å²) in [5.41, 5.74) is 3.38. The molecule has 0 radical (unpaired) electrons. The van der Waals surface area contributed by atoms with Crippen LogP contribution in [0.15, 0.2) is 18.2 Å². The molecule has 3 N–H and O–H groups in total. The Bertz CT molecular complexity index is 515. The van der Waals surface area contributed by atoms with Crippen molar-refractivity contribution in [1.82, 2.24) is 15.2 Å². The van der Waals surface area contributed by atoms with E-state index in [0.717, 1.165) is 44.2 Å². The van der Waals surface area contributed by atoms with Gasteiger partial charge in [0.05, 0.1) is 6.54 Å². The van der Waals surface area contributed by atoms with Gasteiger partial charge in [-0.15, -0.1) is 0 Å². The maximum atomic E-state index is 11.2. The molecule has 1 aromatic rings. The van der Waals surface area contributed by atoms with Gasteiger partial charge < -0.3 is 9.47 Å². The van der Waals surface area contributed by atoms with E-state index < -0.39 is 0 Å². The predicted molar refractivity (Wildman–Crippen MR) is 76.6 cm³/mol. The Kier molecular flexibility index (Phi) is 4.23. The monoisotopic (exact) mass is 292 g/mol. The van der Waals surface area contributed by atoms with Gasteiger partial charge in [-0.25, -0.2) is 5.84 Å². The number of fused-ring (bicyclic) bond motifs is 1. The van der Waals surface area contributed by atoms with Gasteiger partial charge in [-0.1, -0.05) is 6.07 Å². The molecular formula is C14H20N4O3. The summed E-state index contributed by atoms with van der Waals surface area (Å²) in [6, 6.07) is 6.07. The average molecular weight is 292 g/mol. The fourth-order valence-corrected chi connectivity index (χ4v) is 2.65. The van der Waals surface area contributed by atoms with E-state index in [9.17, 15) is 4.79 Å².